The normalized spacial score (nSPS) is 10.2. The van der Waals surface area contributed by atoms with Gasteiger partial charge >= 0.3 is 0 Å². The number of amides is 1. The van der Waals surface area contributed by atoms with E-state index in [1.54, 1.807) is 0 Å². The number of carbonyl (C=O) groups excluding carboxylic acids is 1. The summed E-state index contributed by atoms with van der Waals surface area (Å²) < 4.78 is 0. The molecule has 0 radical (unpaired) electrons. The highest BCUT2D eigenvalue weighted by Crippen LogP contribution is 2.27. The van der Waals surface area contributed by atoms with Crippen LogP contribution in [0, 0.1) is 0 Å². The summed E-state index contributed by atoms with van der Waals surface area (Å²) in [5.41, 5.74) is 5.52. The van der Waals surface area contributed by atoms with Crippen LogP contribution in [-0.4, -0.2) is 5.91 Å². The zero-order valence-electron chi connectivity index (χ0n) is 12.4. The molecule has 0 aliphatic heterocycles. The van der Waals surface area contributed by atoms with E-state index in [1.807, 2.05) is 42.5 Å². The first-order chi connectivity index (χ1) is 10.7. The Balaban J connectivity index is 1.91. The van der Waals surface area contributed by atoms with Gasteiger partial charge in [0.1, 0.15) is 0 Å². The Bertz CT molecular complexity index is 776. The van der Waals surface area contributed by atoms with Crippen molar-refractivity contribution < 1.29 is 4.79 Å². The topological polar surface area (TPSA) is 29.1 Å². The van der Waals surface area contributed by atoms with Crippen molar-refractivity contribution in [3.05, 3.63) is 78.9 Å². The highest BCUT2D eigenvalue weighted by atomic mass is 16.1. The summed E-state index contributed by atoms with van der Waals surface area (Å²) >= 11 is 0. The van der Waals surface area contributed by atoms with E-state index in [9.17, 15) is 4.79 Å². The van der Waals surface area contributed by atoms with Crippen molar-refractivity contribution in [1.82, 2.24) is 0 Å². The van der Waals surface area contributed by atoms with Gasteiger partial charge in [0.05, 0.1) is 0 Å². The van der Waals surface area contributed by atoms with Crippen LogP contribution in [0.2, 0.25) is 0 Å². The Labute approximate surface area is 130 Å². The number of rotatable bonds is 3. The largest absolute Gasteiger partial charge is 0.326 e. The van der Waals surface area contributed by atoms with E-state index in [-0.39, 0.29) is 5.91 Å². The maximum Gasteiger partial charge on any atom is 0.221 e. The lowest BCUT2D eigenvalue weighted by molar-refractivity contribution is -0.114. The summed E-state index contributed by atoms with van der Waals surface area (Å²) in [5.74, 6) is -0.0566. The average molecular weight is 287 g/mol. The summed E-state index contributed by atoms with van der Waals surface area (Å²) in [6.45, 7) is 1.51. The fourth-order valence-corrected chi connectivity index (χ4v) is 2.46. The van der Waals surface area contributed by atoms with E-state index >= 15 is 0 Å². The summed E-state index contributed by atoms with van der Waals surface area (Å²) in [4.78, 5) is 11.1. The summed E-state index contributed by atoms with van der Waals surface area (Å²) in [7, 11) is 0. The fraction of sp³-hybridized carbons (Fsp3) is 0.0500. The third-order valence-electron chi connectivity index (χ3n) is 3.51. The number of benzene rings is 3. The predicted octanol–water partition coefficient (Wildman–Crippen LogP) is 4.98. The van der Waals surface area contributed by atoms with Gasteiger partial charge in [0.15, 0.2) is 0 Å². The van der Waals surface area contributed by atoms with Gasteiger partial charge in [-0.2, -0.15) is 0 Å². The monoisotopic (exact) mass is 287 g/mol. The van der Waals surface area contributed by atoms with Crippen LogP contribution in [0.15, 0.2) is 78.9 Å². The molecule has 22 heavy (non-hydrogen) atoms. The van der Waals surface area contributed by atoms with Crippen LogP contribution in [0.1, 0.15) is 6.92 Å². The van der Waals surface area contributed by atoms with Crippen LogP contribution in [0.5, 0.6) is 0 Å². The molecule has 3 rings (SSSR count). The second-order valence-electron chi connectivity index (χ2n) is 5.21. The van der Waals surface area contributed by atoms with Crippen LogP contribution in [0.25, 0.3) is 22.3 Å². The lowest BCUT2D eigenvalue weighted by Crippen LogP contribution is -2.05. The average Bonchev–Trinajstić information content (AvgIpc) is 2.56. The number of hydrogen-bond donors (Lipinski definition) is 1. The molecule has 0 heterocycles. The minimum atomic E-state index is -0.0566. The Kier molecular flexibility index (Phi) is 4.01. The third kappa shape index (κ3) is 3.23. The molecule has 0 aliphatic rings. The van der Waals surface area contributed by atoms with Gasteiger partial charge in [0.25, 0.3) is 0 Å². The van der Waals surface area contributed by atoms with Gasteiger partial charge in [0.2, 0.25) is 5.91 Å². The summed E-state index contributed by atoms with van der Waals surface area (Å²) in [6, 6.07) is 26.7. The standard InChI is InChI=1S/C20H17NO/c1-15(22)21-20-12-10-17(11-13-20)19-9-5-8-18(14-19)16-6-3-2-4-7-16/h2-14H,1H3,(H,21,22). The van der Waals surface area contributed by atoms with Gasteiger partial charge in [-0.25, -0.2) is 0 Å². The van der Waals surface area contributed by atoms with Crippen molar-refractivity contribution in [2.45, 2.75) is 6.92 Å². The quantitative estimate of drug-likeness (QED) is 0.723. The maximum atomic E-state index is 11.1. The van der Waals surface area contributed by atoms with Crippen molar-refractivity contribution >= 4 is 11.6 Å². The van der Waals surface area contributed by atoms with Crippen LogP contribution in [0.3, 0.4) is 0 Å². The highest BCUT2D eigenvalue weighted by molar-refractivity contribution is 5.89. The minimum Gasteiger partial charge on any atom is -0.326 e. The number of nitrogens with one attached hydrogen (secondary N) is 1. The molecule has 0 spiro atoms. The molecule has 1 N–H and O–H groups in total. The first kappa shape index (κ1) is 14.1. The van der Waals surface area contributed by atoms with Crippen LogP contribution < -0.4 is 5.32 Å². The third-order valence-corrected chi connectivity index (χ3v) is 3.51. The second kappa shape index (κ2) is 6.27. The van der Waals surface area contributed by atoms with Crippen molar-refractivity contribution in [2.75, 3.05) is 5.32 Å². The fourth-order valence-electron chi connectivity index (χ4n) is 2.46. The van der Waals surface area contributed by atoms with Crippen LogP contribution >= 0.6 is 0 Å². The molecule has 0 saturated heterocycles. The van der Waals surface area contributed by atoms with Gasteiger partial charge < -0.3 is 5.32 Å². The van der Waals surface area contributed by atoms with E-state index in [0.29, 0.717) is 0 Å². The molecule has 2 heteroatoms. The maximum absolute atomic E-state index is 11.1. The molecule has 3 aromatic rings. The summed E-state index contributed by atoms with van der Waals surface area (Å²) in [6.07, 6.45) is 0. The van der Waals surface area contributed by atoms with Crippen molar-refractivity contribution in [2.24, 2.45) is 0 Å². The summed E-state index contributed by atoms with van der Waals surface area (Å²) in [5, 5.41) is 2.78. The Morgan fingerprint density at radius 1 is 0.682 bits per heavy atom. The molecule has 2 nitrogen and oxygen atoms in total. The zero-order valence-corrected chi connectivity index (χ0v) is 12.4. The smallest absolute Gasteiger partial charge is 0.221 e. The van der Waals surface area contributed by atoms with Crippen LogP contribution in [0.4, 0.5) is 5.69 Å². The molecule has 1 amide bonds. The predicted molar refractivity (Wildman–Crippen MR) is 91.6 cm³/mol. The first-order valence-electron chi connectivity index (χ1n) is 7.26. The zero-order chi connectivity index (χ0) is 15.4. The van der Waals surface area contributed by atoms with Crippen molar-refractivity contribution in [3.8, 4) is 22.3 Å². The van der Waals surface area contributed by atoms with Gasteiger partial charge in [-0.3, -0.25) is 4.79 Å². The van der Waals surface area contributed by atoms with Gasteiger partial charge in [-0.1, -0.05) is 60.7 Å². The van der Waals surface area contributed by atoms with E-state index in [1.165, 1.54) is 18.1 Å². The molecular weight excluding hydrogens is 270 g/mol. The number of anilines is 1. The van der Waals surface area contributed by atoms with E-state index in [4.69, 9.17) is 0 Å². The van der Waals surface area contributed by atoms with Crippen molar-refractivity contribution in [1.29, 1.82) is 0 Å². The lowest BCUT2D eigenvalue weighted by Gasteiger charge is -2.07. The number of hydrogen-bond acceptors (Lipinski definition) is 1. The second-order valence-corrected chi connectivity index (χ2v) is 5.21. The van der Waals surface area contributed by atoms with Gasteiger partial charge in [-0.15, -0.1) is 0 Å². The Morgan fingerprint density at radius 3 is 1.82 bits per heavy atom. The molecule has 0 fully saturated rings. The Hall–Kier alpha value is -2.87. The molecule has 0 bridgehead atoms. The molecule has 0 atom stereocenters. The van der Waals surface area contributed by atoms with E-state index in [2.05, 4.69) is 41.7 Å². The molecule has 0 aromatic heterocycles. The molecule has 0 aliphatic carbocycles. The lowest BCUT2D eigenvalue weighted by atomic mass is 9.99. The molecule has 3 aromatic carbocycles. The van der Waals surface area contributed by atoms with Gasteiger partial charge in [0, 0.05) is 12.6 Å². The molecule has 108 valence electrons. The van der Waals surface area contributed by atoms with E-state index < -0.39 is 0 Å². The Morgan fingerprint density at radius 2 is 1.23 bits per heavy atom. The molecule has 0 unspecified atom stereocenters. The molecular formula is C20H17NO. The van der Waals surface area contributed by atoms with E-state index in [0.717, 1.165) is 16.8 Å². The van der Waals surface area contributed by atoms with Crippen molar-refractivity contribution in [3.63, 3.8) is 0 Å². The highest BCUT2D eigenvalue weighted by Gasteiger charge is 2.02. The van der Waals surface area contributed by atoms with Crippen LogP contribution in [-0.2, 0) is 4.79 Å². The number of carbonyl (C=O) groups is 1. The SMILES string of the molecule is CC(=O)Nc1ccc(-c2cccc(-c3ccccc3)c2)cc1. The minimum absolute atomic E-state index is 0.0566. The molecule has 0 saturated carbocycles. The van der Waals surface area contributed by atoms with Gasteiger partial charge in [-0.05, 0) is 40.5 Å². The first-order valence-corrected chi connectivity index (χ1v) is 7.26.